The SMILES string of the molecule is CC1CCN(CCNCc2c(F)cccc2F)CC1. The zero-order valence-electron chi connectivity index (χ0n) is 11.5. The summed E-state index contributed by atoms with van der Waals surface area (Å²) in [5.74, 6) is -0.115. The predicted molar refractivity (Wildman–Crippen MR) is 72.9 cm³/mol. The van der Waals surface area contributed by atoms with E-state index in [1.165, 1.54) is 31.0 Å². The summed E-state index contributed by atoms with van der Waals surface area (Å²) >= 11 is 0. The summed E-state index contributed by atoms with van der Waals surface area (Å²) in [6.45, 7) is 6.53. The predicted octanol–water partition coefficient (Wildman–Crippen LogP) is 2.79. The zero-order chi connectivity index (χ0) is 13.7. The number of piperidine rings is 1. The molecule has 0 aliphatic carbocycles. The Labute approximate surface area is 113 Å². The first-order valence-corrected chi connectivity index (χ1v) is 7.03. The van der Waals surface area contributed by atoms with Gasteiger partial charge in [-0.15, -0.1) is 0 Å². The number of benzene rings is 1. The molecule has 1 aliphatic heterocycles. The fourth-order valence-electron chi connectivity index (χ4n) is 2.44. The first-order valence-electron chi connectivity index (χ1n) is 7.03. The third-order valence-corrected chi connectivity index (χ3v) is 3.84. The molecule has 0 radical (unpaired) electrons. The van der Waals surface area contributed by atoms with Gasteiger partial charge in [-0.3, -0.25) is 0 Å². The molecule has 0 spiro atoms. The van der Waals surface area contributed by atoms with Crippen molar-refractivity contribution in [1.82, 2.24) is 10.2 Å². The van der Waals surface area contributed by atoms with Crippen LogP contribution in [0.1, 0.15) is 25.3 Å². The molecular weight excluding hydrogens is 246 g/mol. The fraction of sp³-hybridized carbons (Fsp3) is 0.600. The molecule has 2 nitrogen and oxygen atoms in total. The Morgan fingerprint density at radius 2 is 1.84 bits per heavy atom. The summed E-state index contributed by atoms with van der Waals surface area (Å²) in [6.07, 6.45) is 2.50. The van der Waals surface area contributed by atoms with Gasteiger partial charge in [0.1, 0.15) is 11.6 Å². The van der Waals surface area contributed by atoms with Crippen LogP contribution >= 0.6 is 0 Å². The van der Waals surface area contributed by atoms with Crippen molar-refractivity contribution in [2.75, 3.05) is 26.2 Å². The van der Waals surface area contributed by atoms with E-state index in [2.05, 4.69) is 17.1 Å². The highest BCUT2D eigenvalue weighted by atomic mass is 19.1. The first-order chi connectivity index (χ1) is 9.16. The monoisotopic (exact) mass is 268 g/mol. The molecule has 0 saturated carbocycles. The van der Waals surface area contributed by atoms with Gasteiger partial charge >= 0.3 is 0 Å². The van der Waals surface area contributed by atoms with Gasteiger partial charge in [0.2, 0.25) is 0 Å². The highest BCUT2D eigenvalue weighted by Crippen LogP contribution is 2.15. The van der Waals surface area contributed by atoms with E-state index < -0.39 is 11.6 Å². The molecule has 4 heteroatoms. The first kappa shape index (κ1) is 14.4. The van der Waals surface area contributed by atoms with E-state index in [-0.39, 0.29) is 12.1 Å². The van der Waals surface area contributed by atoms with Gasteiger partial charge in [-0.2, -0.15) is 0 Å². The van der Waals surface area contributed by atoms with E-state index in [0.717, 1.165) is 32.1 Å². The Hall–Kier alpha value is -1.00. The molecule has 1 heterocycles. The van der Waals surface area contributed by atoms with Gasteiger partial charge in [-0.05, 0) is 44.0 Å². The van der Waals surface area contributed by atoms with Crippen molar-refractivity contribution in [2.24, 2.45) is 5.92 Å². The number of rotatable bonds is 5. The van der Waals surface area contributed by atoms with Crippen LogP contribution in [0.3, 0.4) is 0 Å². The summed E-state index contributed by atoms with van der Waals surface area (Å²) in [7, 11) is 0. The minimum Gasteiger partial charge on any atom is -0.311 e. The fourth-order valence-corrected chi connectivity index (χ4v) is 2.44. The molecule has 0 aromatic heterocycles. The highest BCUT2D eigenvalue weighted by molar-refractivity contribution is 5.19. The molecule has 1 aromatic carbocycles. The van der Waals surface area contributed by atoms with Gasteiger partial charge in [0, 0.05) is 25.2 Å². The lowest BCUT2D eigenvalue weighted by atomic mass is 9.99. The number of nitrogens with zero attached hydrogens (tertiary/aromatic N) is 1. The van der Waals surface area contributed by atoms with E-state index in [1.807, 2.05) is 0 Å². The molecule has 1 aromatic rings. The van der Waals surface area contributed by atoms with E-state index in [1.54, 1.807) is 0 Å². The number of hydrogen-bond donors (Lipinski definition) is 1. The molecule has 1 N–H and O–H groups in total. The summed E-state index contributed by atoms with van der Waals surface area (Å²) in [4.78, 5) is 2.41. The van der Waals surface area contributed by atoms with Gasteiger partial charge < -0.3 is 10.2 Å². The molecule has 19 heavy (non-hydrogen) atoms. The van der Waals surface area contributed by atoms with Gasteiger partial charge in [-0.1, -0.05) is 13.0 Å². The van der Waals surface area contributed by atoms with Crippen LogP contribution in [0.5, 0.6) is 0 Å². The second-order valence-electron chi connectivity index (χ2n) is 5.40. The summed E-state index contributed by atoms with van der Waals surface area (Å²) in [6, 6.07) is 3.99. The molecule has 0 atom stereocenters. The van der Waals surface area contributed by atoms with Crippen molar-refractivity contribution in [3.8, 4) is 0 Å². The van der Waals surface area contributed by atoms with Crippen LogP contribution < -0.4 is 5.32 Å². The largest absolute Gasteiger partial charge is 0.311 e. The van der Waals surface area contributed by atoms with Crippen LogP contribution in [0.15, 0.2) is 18.2 Å². The maximum absolute atomic E-state index is 13.4. The van der Waals surface area contributed by atoms with Crippen molar-refractivity contribution in [1.29, 1.82) is 0 Å². The smallest absolute Gasteiger partial charge is 0.130 e. The third-order valence-electron chi connectivity index (χ3n) is 3.84. The average molecular weight is 268 g/mol. The molecule has 0 unspecified atom stereocenters. The summed E-state index contributed by atoms with van der Waals surface area (Å²) in [5, 5.41) is 3.12. The minimum absolute atomic E-state index is 0.134. The Balaban J connectivity index is 1.69. The van der Waals surface area contributed by atoms with Crippen LogP contribution in [0, 0.1) is 17.6 Å². The molecule has 1 fully saturated rings. The standard InChI is InChI=1S/C15H22F2N2/c1-12-5-8-19(9-6-12)10-7-18-11-13-14(16)3-2-4-15(13)17/h2-4,12,18H,5-11H2,1H3. The van der Waals surface area contributed by atoms with Gasteiger partial charge in [0.15, 0.2) is 0 Å². The molecule has 1 saturated heterocycles. The molecule has 106 valence electrons. The van der Waals surface area contributed by atoms with Crippen molar-refractivity contribution >= 4 is 0 Å². The Morgan fingerprint density at radius 1 is 1.21 bits per heavy atom. The molecule has 0 bridgehead atoms. The number of likely N-dealkylation sites (tertiary alicyclic amines) is 1. The summed E-state index contributed by atoms with van der Waals surface area (Å²) in [5.41, 5.74) is 0.134. The Kier molecular flexibility index (Phi) is 5.28. The molecular formula is C15H22F2N2. The van der Waals surface area contributed by atoms with Crippen molar-refractivity contribution in [3.63, 3.8) is 0 Å². The van der Waals surface area contributed by atoms with E-state index in [4.69, 9.17) is 0 Å². The van der Waals surface area contributed by atoms with Gasteiger partial charge in [0.25, 0.3) is 0 Å². The third kappa shape index (κ3) is 4.25. The normalized spacial score (nSPS) is 17.8. The van der Waals surface area contributed by atoms with E-state index >= 15 is 0 Å². The van der Waals surface area contributed by atoms with Gasteiger partial charge in [0.05, 0.1) is 0 Å². The van der Waals surface area contributed by atoms with E-state index in [9.17, 15) is 8.78 Å². The minimum atomic E-state index is -0.473. The van der Waals surface area contributed by atoms with Crippen LogP contribution in [-0.4, -0.2) is 31.1 Å². The molecule has 1 aliphatic rings. The quantitative estimate of drug-likeness (QED) is 0.826. The Bertz CT molecular complexity index is 381. The number of hydrogen-bond acceptors (Lipinski definition) is 2. The van der Waals surface area contributed by atoms with Crippen molar-refractivity contribution < 1.29 is 8.78 Å². The van der Waals surface area contributed by atoms with Crippen molar-refractivity contribution in [3.05, 3.63) is 35.4 Å². The van der Waals surface area contributed by atoms with Gasteiger partial charge in [-0.25, -0.2) is 8.78 Å². The summed E-state index contributed by atoms with van der Waals surface area (Å²) < 4.78 is 26.8. The second kappa shape index (κ2) is 6.96. The maximum atomic E-state index is 13.4. The van der Waals surface area contributed by atoms with Crippen LogP contribution in [0.4, 0.5) is 8.78 Å². The lowest BCUT2D eigenvalue weighted by Gasteiger charge is -2.30. The van der Waals surface area contributed by atoms with Crippen LogP contribution in [0.25, 0.3) is 0 Å². The number of nitrogens with one attached hydrogen (secondary N) is 1. The lowest BCUT2D eigenvalue weighted by molar-refractivity contribution is 0.193. The van der Waals surface area contributed by atoms with Crippen LogP contribution in [0.2, 0.25) is 0 Å². The number of halogens is 2. The van der Waals surface area contributed by atoms with Crippen LogP contribution in [-0.2, 0) is 6.54 Å². The Morgan fingerprint density at radius 3 is 2.47 bits per heavy atom. The van der Waals surface area contributed by atoms with E-state index in [0.29, 0.717) is 0 Å². The topological polar surface area (TPSA) is 15.3 Å². The average Bonchev–Trinajstić information content (AvgIpc) is 2.39. The second-order valence-corrected chi connectivity index (χ2v) is 5.40. The molecule has 0 amide bonds. The molecule has 2 rings (SSSR count). The maximum Gasteiger partial charge on any atom is 0.130 e. The lowest BCUT2D eigenvalue weighted by Crippen LogP contribution is -2.37. The highest BCUT2D eigenvalue weighted by Gasteiger charge is 2.15. The zero-order valence-corrected chi connectivity index (χ0v) is 11.5. The van der Waals surface area contributed by atoms with Crippen molar-refractivity contribution in [2.45, 2.75) is 26.3 Å².